The summed E-state index contributed by atoms with van der Waals surface area (Å²) in [5, 5.41) is 1.15. The van der Waals surface area contributed by atoms with Gasteiger partial charge in [0.25, 0.3) is 0 Å². The molecule has 1 atom stereocenters. The third-order valence-corrected chi connectivity index (χ3v) is 5.88. The Morgan fingerprint density at radius 3 is 2.66 bits per heavy atom. The second-order valence-corrected chi connectivity index (χ2v) is 8.21. The van der Waals surface area contributed by atoms with Crippen LogP contribution in [0.5, 0.6) is 0 Å². The topological polar surface area (TPSA) is 34.0 Å². The first-order valence-corrected chi connectivity index (χ1v) is 10.4. The van der Waals surface area contributed by atoms with Gasteiger partial charge in [0.05, 0.1) is 5.39 Å². The van der Waals surface area contributed by atoms with Gasteiger partial charge in [-0.1, -0.05) is 49.4 Å². The van der Waals surface area contributed by atoms with Crippen LogP contribution < -0.4 is 4.90 Å². The molecule has 0 saturated carbocycles. The molecule has 0 bridgehead atoms. The van der Waals surface area contributed by atoms with E-state index in [1.807, 2.05) is 0 Å². The molecule has 0 spiro atoms. The summed E-state index contributed by atoms with van der Waals surface area (Å²) in [7, 11) is 0. The Morgan fingerprint density at radius 2 is 1.86 bits per heavy atom. The minimum Gasteiger partial charge on any atom is -0.356 e. The summed E-state index contributed by atoms with van der Waals surface area (Å²) in [5.41, 5.74) is 5.73. The number of aryl methyl sites for hydroxylation is 1. The lowest BCUT2D eigenvalue weighted by molar-refractivity contribution is 0.445. The van der Waals surface area contributed by atoms with Gasteiger partial charge in [-0.3, -0.25) is 0 Å². The molecular formula is C25H26N4. The monoisotopic (exact) mass is 382 g/mol. The standard InChI is InChI=1S/C25H26N4/c1-18-8-6-12-21(14-18)29-16-22(20-10-4-3-5-11-20)23-24(26-17-27-25(23)29)28-13-7-9-19(2)15-28/h3-6,8,10-12,14,16-17,19H,7,9,13,15H2,1-2H3/t19-/m1/s1. The second kappa shape index (κ2) is 7.36. The predicted octanol–water partition coefficient (Wildman–Crippen LogP) is 5.63. The highest BCUT2D eigenvalue weighted by atomic mass is 15.2. The van der Waals surface area contributed by atoms with Crippen LogP contribution in [0.15, 0.2) is 67.1 Å². The Balaban J connectivity index is 1.77. The molecule has 0 aliphatic carbocycles. The number of aromatic nitrogens is 3. The molecule has 0 radical (unpaired) electrons. The van der Waals surface area contributed by atoms with Crippen LogP contribution in [-0.4, -0.2) is 27.6 Å². The number of benzene rings is 2. The smallest absolute Gasteiger partial charge is 0.150 e. The molecule has 4 nitrogen and oxygen atoms in total. The normalized spacial score (nSPS) is 17.0. The van der Waals surface area contributed by atoms with Crippen molar-refractivity contribution in [3.8, 4) is 16.8 Å². The van der Waals surface area contributed by atoms with Crippen molar-refractivity contribution in [3.05, 3.63) is 72.7 Å². The van der Waals surface area contributed by atoms with Crippen molar-refractivity contribution in [2.24, 2.45) is 5.92 Å². The highest BCUT2D eigenvalue weighted by molar-refractivity contribution is 6.02. The fourth-order valence-corrected chi connectivity index (χ4v) is 4.48. The summed E-state index contributed by atoms with van der Waals surface area (Å²) in [4.78, 5) is 12.0. The van der Waals surface area contributed by atoms with Crippen LogP contribution in [0.2, 0.25) is 0 Å². The van der Waals surface area contributed by atoms with E-state index in [2.05, 4.69) is 84.1 Å². The predicted molar refractivity (Wildman–Crippen MR) is 120 cm³/mol. The Morgan fingerprint density at radius 1 is 1.00 bits per heavy atom. The zero-order chi connectivity index (χ0) is 19.8. The average Bonchev–Trinajstić information content (AvgIpc) is 3.14. The van der Waals surface area contributed by atoms with Crippen molar-refractivity contribution in [1.29, 1.82) is 0 Å². The zero-order valence-corrected chi connectivity index (χ0v) is 17.0. The fourth-order valence-electron chi connectivity index (χ4n) is 4.48. The molecular weight excluding hydrogens is 356 g/mol. The molecule has 1 fully saturated rings. The molecule has 3 heterocycles. The Labute approximate surface area is 171 Å². The summed E-state index contributed by atoms with van der Waals surface area (Å²) in [6.07, 6.45) is 6.45. The molecule has 146 valence electrons. The number of fused-ring (bicyclic) bond motifs is 1. The summed E-state index contributed by atoms with van der Waals surface area (Å²) in [6, 6.07) is 19.2. The van der Waals surface area contributed by atoms with E-state index in [4.69, 9.17) is 9.97 Å². The van der Waals surface area contributed by atoms with Gasteiger partial charge in [-0.25, -0.2) is 9.97 Å². The molecule has 0 amide bonds. The molecule has 4 aromatic rings. The van der Waals surface area contributed by atoms with Crippen molar-refractivity contribution in [3.63, 3.8) is 0 Å². The maximum absolute atomic E-state index is 4.78. The Bertz CT molecular complexity index is 1150. The van der Waals surface area contributed by atoms with E-state index in [0.29, 0.717) is 5.92 Å². The highest BCUT2D eigenvalue weighted by Crippen LogP contribution is 2.37. The van der Waals surface area contributed by atoms with Crippen molar-refractivity contribution in [2.45, 2.75) is 26.7 Å². The summed E-state index contributed by atoms with van der Waals surface area (Å²) >= 11 is 0. The van der Waals surface area contributed by atoms with E-state index >= 15 is 0 Å². The fraction of sp³-hybridized carbons (Fsp3) is 0.280. The van der Waals surface area contributed by atoms with Gasteiger partial charge >= 0.3 is 0 Å². The first kappa shape index (κ1) is 17.9. The number of rotatable bonds is 3. The Kier molecular flexibility index (Phi) is 4.55. The second-order valence-electron chi connectivity index (χ2n) is 8.21. The third kappa shape index (κ3) is 3.29. The SMILES string of the molecule is Cc1cccc(-n2cc(-c3ccccc3)c3c(N4CCC[C@@H](C)C4)ncnc32)c1. The maximum Gasteiger partial charge on any atom is 0.150 e. The lowest BCUT2D eigenvalue weighted by atomic mass is 9.99. The van der Waals surface area contributed by atoms with Crippen molar-refractivity contribution in [1.82, 2.24) is 14.5 Å². The van der Waals surface area contributed by atoms with E-state index in [9.17, 15) is 0 Å². The van der Waals surface area contributed by atoms with Gasteiger partial charge in [-0.15, -0.1) is 0 Å². The van der Waals surface area contributed by atoms with Crippen LogP contribution in [-0.2, 0) is 0 Å². The van der Waals surface area contributed by atoms with Gasteiger partial charge in [-0.05, 0) is 48.9 Å². The summed E-state index contributed by atoms with van der Waals surface area (Å²) < 4.78 is 2.21. The van der Waals surface area contributed by atoms with Crippen LogP contribution in [0.4, 0.5) is 5.82 Å². The van der Waals surface area contributed by atoms with E-state index < -0.39 is 0 Å². The Hall–Kier alpha value is -3.14. The van der Waals surface area contributed by atoms with Crippen LogP contribution in [0, 0.1) is 12.8 Å². The van der Waals surface area contributed by atoms with Gasteiger partial charge in [0, 0.05) is 30.5 Å². The largest absolute Gasteiger partial charge is 0.356 e. The van der Waals surface area contributed by atoms with Crippen LogP contribution in [0.25, 0.3) is 27.8 Å². The van der Waals surface area contributed by atoms with Crippen molar-refractivity contribution in [2.75, 3.05) is 18.0 Å². The number of piperidine rings is 1. The van der Waals surface area contributed by atoms with Crippen molar-refractivity contribution < 1.29 is 0 Å². The lowest BCUT2D eigenvalue weighted by Gasteiger charge is -2.32. The van der Waals surface area contributed by atoms with Gasteiger partial charge < -0.3 is 9.47 Å². The first-order valence-electron chi connectivity index (χ1n) is 10.4. The van der Waals surface area contributed by atoms with E-state index in [0.717, 1.165) is 35.6 Å². The van der Waals surface area contributed by atoms with Crippen LogP contribution in [0.3, 0.4) is 0 Å². The molecule has 1 aliphatic heterocycles. The third-order valence-electron chi connectivity index (χ3n) is 5.88. The number of hydrogen-bond donors (Lipinski definition) is 0. The first-order chi connectivity index (χ1) is 14.2. The lowest BCUT2D eigenvalue weighted by Crippen LogP contribution is -2.35. The molecule has 2 aromatic carbocycles. The minimum absolute atomic E-state index is 0.688. The number of hydrogen-bond acceptors (Lipinski definition) is 3. The van der Waals surface area contributed by atoms with Gasteiger partial charge in [0.1, 0.15) is 12.1 Å². The molecule has 1 saturated heterocycles. The molecule has 1 aliphatic rings. The molecule has 5 rings (SSSR count). The average molecular weight is 383 g/mol. The quantitative estimate of drug-likeness (QED) is 0.460. The number of nitrogens with zero attached hydrogens (tertiary/aromatic N) is 4. The number of anilines is 1. The molecule has 2 aromatic heterocycles. The molecule has 0 N–H and O–H groups in total. The van der Waals surface area contributed by atoms with Crippen LogP contribution >= 0.6 is 0 Å². The molecule has 29 heavy (non-hydrogen) atoms. The van der Waals surface area contributed by atoms with Gasteiger partial charge in [-0.2, -0.15) is 0 Å². The van der Waals surface area contributed by atoms with Gasteiger partial charge in [0.15, 0.2) is 5.65 Å². The van der Waals surface area contributed by atoms with Gasteiger partial charge in [0.2, 0.25) is 0 Å². The van der Waals surface area contributed by atoms with E-state index in [1.165, 1.54) is 29.5 Å². The maximum atomic E-state index is 4.78. The van der Waals surface area contributed by atoms with Crippen molar-refractivity contribution >= 4 is 16.9 Å². The van der Waals surface area contributed by atoms with Crippen LogP contribution in [0.1, 0.15) is 25.3 Å². The van der Waals surface area contributed by atoms with E-state index in [-0.39, 0.29) is 0 Å². The summed E-state index contributed by atoms with van der Waals surface area (Å²) in [6.45, 7) is 6.57. The van der Waals surface area contributed by atoms with E-state index in [1.54, 1.807) is 6.33 Å². The highest BCUT2D eigenvalue weighted by Gasteiger charge is 2.24. The summed E-state index contributed by atoms with van der Waals surface area (Å²) in [5.74, 6) is 1.75. The molecule has 4 heteroatoms. The zero-order valence-electron chi connectivity index (χ0n) is 17.0. The minimum atomic E-state index is 0.688. The molecule has 0 unspecified atom stereocenters.